The predicted octanol–water partition coefficient (Wildman–Crippen LogP) is 4.28. The Morgan fingerprint density at radius 1 is 1.32 bits per heavy atom. The van der Waals surface area contributed by atoms with Crippen molar-refractivity contribution >= 4 is 11.5 Å². The molecule has 0 aliphatic rings. The number of aliphatic carboxylic acids is 1. The van der Waals surface area contributed by atoms with Crippen molar-refractivity contribution < 1.29 is 27.8 Å². The summed E-state index contributed by atoms with van der Waals surface area (Å²) in [5.41, 5.74) is 0.0910. The summed E-state index contributed by atoms with van der Waals surface area (Å²) in [4.78, 5) is 10.5. The maximum Gasteiger partial charge on any atom is 0.416 e. The highest BCUT2D eigenvalue weighted by Crippen LogP contribution is 2.31. The van der Waals surface area contributed by atoms with Crippen molar-refractivity contribution in [1.82, 2.24) is 0 Å². The van der Waals surface area contributed by atoms with Gasteiger partial charge in [-0.05, 0) is 24.6 Å². The lowest BCUT2D eigenvalue weighted by Gasteiger charge is -2.13. The van der Waals surface area contributed by atoms with Crippen LogP contribution in [0.25, 0.3) is 5.57 Å². The van der Waals surface area contributed by atoms with Crippen LogP contribution in [0.15, 0.2) is 54.8 Å². The summed E-state index contributed by atoms with van der Waals surface area (Å²) in [5, 5.41) is 8.57. The average molecular weight is 312 g/mol. The maximum absolute atomic E-state index is 12.6. The van der Waals surface area contributed by atoms with Gasteiger partial charge in [0.25, 0.3) is 0 Å². The Bertz CT molecular complexity index is 596. The van der Waals surface area contributed by atoms with Crippen LogP contribution < -0.4 is 0 Å². The fourth-order valence-electron chi connectivity index (χ4n) is 1.67. The largest absolute Gasteiger partial charge is 0.494 e. The van der Waals surface area contributed by atoms with Gasteiger partial charge in [0, 0.05) is 11.6 Å². The SMILES string of the molecule is C=C(OCC)/C(=C\C=C/C(=O)O)c1ccc(C(F)(F)F)cc1. The molecule has 0 aromatic heterocycles. The summed E-state index contributed by atoms with van der Waals surface area (Å²) < 4.78 is 42.9. The zero-order chi connectivity index (χ0) is 16.8. The average Bonchev–Trinajstić information content (AvgIpc) is 2.43. The third-order valence-corrected chi connectivity index (χ3v) is 2.64. The minimum atomic E-state index is -4.41. The normalized spacial score (nSPS) is 12.5. The lowest BCUT2D eigenvalue weighted by molar-refractivity contribution is -0.137. The van der Waals surface area contributed by atoms with E-state index in [9.17, 15) is 18.0 Å². The van der Waals surface area contributed by atoms with E-state index in [0.717, 1.165) is 18.2 Å². The molecule has 0 amide bonds. The lowest BCUT2D eigenvalue weighted by Crippen LogP contribution is -2.04. The second-order valence-corrected chi connectivity index (χ2v) is 4.21. The second kappa shape index (κ2) is 7.49. The molecule has 1 aromatic rings. The van der Waals surface area contributed by atoms with Crippen molar-refractivity contribution in [2.24, 2.45) is 0 Å². The third-order valence-electron chi connectivity index (χ3n) is 2.64. The van der Waals surface area contributed by atoms with Crippen molar-refractivity contribution in [2.75, 3.05) is 6.61 Å². The van der Waals surface area contributed by atoms with Crippen molar-refractivity contribution in [1.29, 1.82) is 0 Å². The number of hydrogen-bond acceptors (Lipinski definition) is 2. The molecular weight excluding hydrogens is 297 g/mol. The second-order valence-electron chi connectivity index (χ2n) is 4.21. The van der Waals surface area contributed by atoms with Gasteiger partial charge in [0.15, 0.2) is 0 Å². The molecule has 1 N–H and O–H groups in total. The van der Waals surface area contributed by atoms with Gasteiger partial charge < -0.3 is 9.84 Å². The van der Waals surface area contributed by atoms with E-state index < -0.39 is 17.7 Å². The molecular formula is C16H15F3O3. The lowest BCUT2D eigenvalue weighted by atomic mass is 10.0. The van der Waals surface area contributed by atoms with E-state index in [1.54, 1.807) is 6.92 Å². The first-order valence-corrected chi connectivity index (χ1v) is 6.36. The molecule has 0 unspecified atom stereocenters. The van der Waals surface area contributed by atoms with Gasteiger partial charge in [-0.1, -0.05) is 30.9 Å². The number of alkyl halides is 3. The summed E-state index contributed by atoms with van der Waals surface area (Å²) in [5.74, 6) is -0.887. The van der Waals surface area contributed by atoms with Crippen LogP contribution >= 0.6 is 0 Å². The summed E-state index contributed by atoms with van der Waals surface area (Å²) in [6.45, 7) is 5.77. The molecule has 0 aliphatic carbocycles. The summed E-state index contributed by atoms with van der Waals surface area (Å²) in [6, 6.07) is 4.47. The molecule has 0 atom stereocenters. The number of rotatable bonds is 6. The van der Waals surface area contributed by atoms with E-state index in [1.165, 1.54) is 24.3 Å². The first-order valence-electron chi connectivity index (χ1n) is 6.36. The van der Waals surface area contributed by atoms with E-state index in [4.69, 9.17) is 9.84 Å². The molecule has 0 spiro atoms. The molecule has 0 bridgehead atoms. The van der Waals surface area contributed by atoms with Gasteiger partial charge in [-0.2, -0.15) is 13.2 Å². The quantitative estimate of drug-likeness (QED) is 0.484. The van der Waals surface area contributed by atoms with Gasteiger partial charge in [0.05, 0.1) is 12.2 Å². The van der Waals surface area contributed by atoms with Crippen LogP contribution in [-0.4, -0.2) is 17.7 Å². The van der Waals surface area contributed by atoms with Crippen LogP contribution in [0.4, 0.5) is 13.2 Å². The maximum atomic E-state index is 12.6. The topological polar surface area (TPSA) is 46.5 Å². The Morgan fingerprint density at radius 3 is 2.36 bits per heavy atom. The number of carbonyl (C=O) groups is 1. The molecule has 0 radical (unpaired) electrons. The molecule has 6 heteroatoms. The van der Waals surface area contributed by atoms with Gasteiger partial charge in [0.2, 0.25) is 0 Å². The molecule has 22 heavy (non-hydrogen) atoms. The van der Waals surface area contributed by atoms with Gasteiger partial charge in [-0.25, -0.2) is 4.79 Å². The van der Waals surface area contributed by atoms with Crippen molar-refractivity contribution in [3.8, 4) is 0 Å². The molecule has 0 saturated heterocycles. The first-order chi connectivity index (χ1) is 10.3. The molecule has 0 heterocycles. The van der Waals surface area contributed by atoms with E-state index >= 15 is 0 Å². The first kappa shape index (κ1) is 17.6. The third kappa shape index (κ3) is 5.12. The zero-order valence-electron chi connectivity index (χ0n) is 11.9. The molecule has 0 saturated carbocycles. The highest BCUT2D eigenvalue weighted by molar-refractivity contribution is 5.82. The molecule has 0 fully saturated rings. The number of allylic oxidation sites excluding steroid dienone is 3. The fraction of sp³-hybridized carbons (Fsp3) is 0.188. The van der Waals surface area contributed by atoms with Gasteiger partial charge in [0.1, 0.15) is 5.76 Å². The number of halogens is 3. The van der Waals surface area contributed by atoms with Crippen LogP contribution in [0.1, 0.15) is 18.1 Å². The number of carboxylic acids is 1. The van der Waals surface area contributed by atoms with Crippen LogP contribution in [-0.2, 0) is 15.7 Å². The number of benzene rings is 1. The summed E-state index contributed by atoms with van der Waals surface area (Å²) in [6.07, 6.45) is -0.819. The summed E-state index contributed by atoms with van der Waals surface area (Å²) in [7, 11) is 0. The van der Waals surface area contributed by atoms with Crippen LogP contribution in [0.2, 0.25) is 0 Å². The Morgan fingerprint density at radius 2 is 1.91 bits per heavy atom. The van der Waals surface area contributed by atoms with E-state index in [1.807, 2.05) is 0 Å². The highest BCUT2D eigenvalue weighted by Gasteiger charge is 2.30. The van der Waals surface area contributed by atoms with E-state index in [-0.39, 0.29) is 5.76 Å². The molecule has 3 nitrogen and oxygen atoms in total. The van der Waals surface area contributed by atoms with Gasteiger partial charge in [-0.15, -0.1) is 0 Å². The van der Waals surface area contributed by atoms with Gasteiger partial charge in [-0.3, -0.25) is 0 Å². The Kier molecular flexibility index (Phi) is 5.98. The monoisotopic (exact) mass is 312 g/mol. The fourth-order valence-corrected chi connectivity index (χ4v) is 1.67. The predicted molar refractivity (Wildman–Crippen MR) is 77.0 cm³/mol. The molecule has 118 valence electrons. The highest BCUT2D eigenvalue weighted by atomic mass is 19.4. The number of ether oxygens (including phenoxy) is 1. The van der Waals surface area contributed by atoms with Crippen LogP contribution in [0.3, 0.4) is 0 Å². The van der Waals surface area contributed by atoms with Crippen molar-refractivity contribution in [2.45, 2.75) is 13.1 Å². The molecule has 0 aliphatic heterocycles. The minimum Gasteiger partial charge on any atom is -0.494 e. The van der Waals surface area contributed by atoms with Crippen molar-refractivity contribution in [3.63, 3.8) is 0 Å². The number of hydrogen-bond donors (Lipinski definition) is 1. The standard InChI is InChI=1S/C16H15F3O3/c1-3-22-11(2)14(5-4-6-15(20)21)12-7-9-13(10-8-12)16(17,18)19/h4-10H,2-3H2,1H3,(H,20,21)/b6-4-,14-5+. The Hall–Kier alpha value is -2.50. The van der Waals surface area contributed by atoms with Gasteiger partial charge >= 0.3 is 12.1 Å². The van der Waals surface area contributed by atoms with Crippen LogP contribution in [0, 0.1) is 0 Å². The van der Waals surface area contributed by atoms with Crippen LogP contribution in [0.5, 0.6) is 0 Å². The zero-order valence-corrected chi connectivity index (χ0v) is 11.9. The minimum absolute atomic E-state index is 0.247. The summed E-state index contributed by atoms with van der Waals surface area (Å²) >= 11 is 0. The Balaban J connectivity index is 3.16. The van der Waals surface area contributed by atoms with Crippen molar-refractivity contribution in [3.05, 3.63) is 66.0 Å². The smallest absolute Gasteiger partial charge is 0.416 e. The molecule has 1 aromatic carbocycles. The number of carboxylic acid groups (broad SMARTS) is 1. The molecule has 1 rings (SSSR count). The van der Waals surface area contributed by atoms with E-state index in [2.05, 4.69) is 6.58 Å². The van der Waals surface area contributed by atoms with E-state index in [0.29, 0.717) is 17.7 Å². The Labute approximate surface area is 126 Å².